The van der Waals surface area contributed by atoms with Crippen LogP contribution in [0.1, 0.15) is 95.7 Å². The number of benzene rings is 4. The molecule has 0 aromatic heterocycles. The van der Waals surface area contributed by atoms with Crippen LogP contribution in [-0.2, 0) is 14.2 Å². The van der Waals surface area contributed by atoms with Gasteiger partial charge < -0.3 is 14.2 Å². The zero-order chi connectivity index (χ0) is 38.7. The quantitative estimate of drug-likeness (QED) is 0.199. The maximum Gasteiger partial charge on any atom is 0.217 e. The van der Waals surface area contributed by atoms with Crippen LogP contribution in [0.2, 0.25) is 0 Å². The van der Waals surface area contributed by atoms with Crippen molar-refractivity contribution in [2.45, 2.75) is 101 Å². The van der Waals surface area contributed by atoms with E-state index in [1.807, 2.05) is 0 Å². The molecule has 0 unspecified atom stereocenters. The SMILES string of the molecule is Cc1ccc(-c2c(C3=N[C@H](C(C)(C)C)CO3)c(-c3ccc(C)cc3)c(C3=N[C@H](C(C)(C)C)CO3)c(-c3ccc(C)cc3)c2C2=N[C@H](C(C)(C)C)CO2)cc1. The maximum atomic E-state index is 6.79. The average molecular weight is 724 g/mol. The number of rotatable bonds is 6. The lowest BCUT2D eigenvalue weighted by Gasteiger charge is -2.27. The molecule has 4 aromatic carbocycles. The molecule has 3 atom stereocenters. The molecular formula is C48H57N3O3. The number of aryl methyl sites for hydroxylation is 3. The maximum absolute atomic E-state index is 6.79. The van der Waals surface area contributed by atoms with Gasteiger partial charge in [0.15, 0.2) is 0 Å². The highest BCUT2D eigenvalue weighted by Crippen LogP contribution is 2.49. The van der Waals surface area contributed by atoms with Gasteiger partial charge in [0.1, 0.15) is 19.8 Å². The normalized spacial score (nSPS) is 20.2. The molecule has 0 fully saturated rings. The summed E-state index contributed by atoms with van der Waals surface area (Å²) in [6, 6.07) is 26.3. The van der Waals surface area contributed by atoms with Crippen molar-refractivity contribution in [3.8, 4) is 33.4 Å². The van der Waals surface area contributed by atoms with Gasteiger partial charge in [0.2, 0.25) is 17.7 Å². The van der Waals surface area contributed by atoms with Gasteiger partial charge in [-0.05, 0) is 53.7 Å². The Morgan fingerprint density at radius 3 is 0.778 bits per heavy atom. The van der Waals surface area contributed by atoms with Gasteiger partial charge in [0.25, 0.3) is 0 Å². The van der Waals surface area contributed by atoms with Crippen LogP contribution >= 0.6 is 0 Å². The van der Waals surface area contributed by atoms with Gasteiger partial charge in [-0.15, -0.1) is 0 Å². The first-order valence-electron chi connectivity index (χ1n) is 19.5. The van der Waals surface area contributed by atoms with Crippen LogP contribution in [0.4, 0.5) is 0 Å². The van der Waals surface area contributed by atoms with Gasteiger partial charge in [-0.25, -0.2) is 15.0 Å². The molecule has 0 bridgehead atoms. The molecule has 0 saturated heterocycles. The van der Waals surface area contributed by atoms with E-state index in [9.17, 15) is 0 Å². The summed E-state index contributed by atoms with van der Waals surface area (Å²) < 4.78 is 20.4. The van der Waals surface area contributed by atoms with E-state index in [-0.39, 0.29) is 34.4 Å². The molecule has 0 saturated carbocycles. The van der Waals surface area contributed by atoms with Gasteiger partial charge in [0, 0.05) is 16.7 Å². The summed E-state index contributed by atoms with van der Waals surface area (Å²) in [7, 11) is 0. The summed E-state index contributed by atoms with van der Waals surface area (Å²) in [6.07, 6.45) is 0. The van der Waals surface area contributed by atoms with Crippen LogP contribution in [0.15, 0.2) is 87.8 Å². The predicted molar refractivity (Wildman–Crippen MR) is 224 cm³/mol. The molecule has 6 heteroatoms. The van der Waals surface area contributed by atoms with Gasteiger partial charge in [-0.3, -0.25) is 0 Å². The Bertz CT molecular complexity index is 1870. The molecule has 3 aliphatic heterocycles. The minimum Gasteiger partial charge on any atom is -0.475 e. The second-order valence-electron chi connectivity index (χ2n) is 18.7. The lowest BCUT2D eigenvalue weighted by molar-refractivity contribution is 0.236. The van der Waals surface area contributed by atoms with Gasteiger partial charge >= 0.3 is 0 Å². The third-order valence-electron chi connectivity index (χ3n) is 11.1. The molecule has 6 nitrogen and oxygen atoms in total. The molecule has 3 heterocycles. The molecule has 0 radical (unpaired) electrons. The Hall–Kier alpha value is -4.71. The highest BCUT2D eigenvalue weighted by atomic mass is 16.5. The highest BCUT2D eigenvalue weighted by molar-refractivity contribution is 6.23. The van der Waals surface area contributed by atoms with Crippen LogP contribution < -0.4 is 0 Å². The third kappa shape index (κ3) is 7.24. The zero-order valence-corrected chi connectivity index (χ0v) is 34.3. The largest absolute Gasteiger partial charge is 0.475 e. The zero-order valence-electron chi connectivity index (χ0n) is 34.3. The fraction of sp³-hybridized carbons (Fsp3) is 0.438. The van der Waals surface area contributed by atoms with Crippen molar-refractivity contribution < 1.29 is 14.2 Å². The minimum atomic E-state index is -0.0968. The van der Waals surface area contributed by atoms with Crippen molar-refractivity contribution in [2.75, 3.05) is 19.8 Å². The van der Waals surface area contributed by atoms with Crippen molar-refractivity contribution >= 4 is 17.7 Å². The Kier molecular flexibility index (Phi) is 9.65. The monoisotopic (exact) mass is 723 g/mol. The summed E-state index contributed by atoms with van der Waals surface area (Å²) in [5, 5.41) is 0. The smallest absolute Gasteiger partial charge is 0.217 e. The molecule has 282 valence electrons. The standard InChI is InChI=1S/C48H57N3O3/c1-28-13-19-31(20-14-28)37-40(43-49-34(25-52-43)46(4,5)6)38(32-21-15-29(2)16-22-32)42(45-51-36(27-54-45)48(10,11)12)39(33-23-17-30(3)18-24-33)41(37)44-50-35(26-53-44)47(7,8)9/h13-24,34-36H,25-27H2,1-12H3/t34-,35-,36-/m0/s1. The van der Waals surface area contributed by atoms with Crippen molar-refractivity contribution in [3.05, 3.63) is 106 Å². The topological polar surface area (TPSA) is 64.8 Å². The van der Waals surface area contributed by atoms with Crippen molar-refractivity contribution in [3.63, 3.8) is 0 Å². The second-order valence-corrected chi connectivity index (χ2v) is 18.7. The molecular weight excluding hydrogens is 667 g/mol. The summed E-state index contributed by atoms with van der Waals surface area (Å²) in [4.78, 5) is 16.3. The van der Waals surface area contributed by atoms with Crippen LogP contribution in [0.3, 0.4) is 0 Å². The van der Waals surface area contributed by atoms with Crippen LogP contribution in [0.5, 0.6) is 0 Å². The molecule has 3 aliphatic rings. The minimum absolute atomic E-state index is 0.0244. The molecule has 4 aromatic rings. The first-order chi connectivity index (χ1) is 25.4. The molecule has 0 amide bonds. The van der Waals surface area contributed by atoms with Gasteiger partial charge in [-0.1, -0.05) is 152 Å². The molecule has 0 aliphatic carbocycles. The van der Waals surface area contributed by atoms with E-state index in [1.165, 1.54) is 16.7 Å². The Morgan fingerprint density at radius 2 is 0.593 bits per heavy atom. The van der Waals surface area contributed by atoms with E-state index < -0.39 is 0 Å². The Labute approximate surface area is 322 Å². The molecule has 0 spiro atoms. The lowest BCUT2D eigenvalue weighted by Crippen LogP contribution is -2.25. The van der Waals surface area contributed by atoms with E-state index in [1.54, 1.807) is 0 Å². The van der Waals surface area contributed by atoms with E-state index >= 15 is 0 Å². The van der Waals surface area contributed by atoms with Crippen LogP contribution in [0, 0.1) is 37.0 Å². The summed E-state index contributed by atoms with van der Waals surface area (Å²) >= 11 is 0. The summed E-state index contributed by atoms with van der Waals surface area (Å²) in [5.74, 6) is 1.86. The third-order valence-corrected chi connectivity index (χ3v) is 11.1. The Morgan fingerprint density at radius 1 is 0.370 bits per heavy atom. The number of hydrogen-bond donors (Lipinski definition) is 0. The molecule has 0 N–H and O–H groups in total. The average Bonchev–Trinajstić information content (AvgIpc) is 3.90. The number of aliphatic imine (C=N–C) groups is 3. The fourth-order valence-corrected chi connectivity index (χ4v) is 7.28. The van der Waals surface area contributed by atoms with Crippen LogP contribution in [0.25, 0.3) is 33.4 Å². The first-order valence-corrected chi connectivity index (χ1v) is 19.5. The predicted octanol–water partition coefficient (Wildman–Crippen LogP) is 11.2. The summed E-state index contributed by atoms with van der Waals surface area (Å²) in [6.45, 7) is 27.9. The van der Waals surface area contributed by atoms with Gasteiger partial charge in [-0.2, -0.15) is 0 Å². The van der Waals surface area contributed by atoms with Crippen molar-refractivity contribution in [2.24, 2.45) is 31.2 Å². The molecule has 54 heavy (non-hydrogen) atoms. The van der Waals surface area contributed by atoms with E-state index in [0.717, 1.165) is 50.1 Å². The van der Waals surface area contributed by atoms with E-state index in [2.05, 4.69) is 156 Å². The summed E-state index contributed by atoms with van der Waals surface area (Å²) in [5.41, 5.74) is 12.1. The Balaban J connectivity index is 1.74. The number of nitrogens with zero attached hydrogens (tertiary/aromatic N) is 3. The number of ether oxygens (including phenoxy) is 3. The lowest BCUT2D eigenvalue weighted by atomic mass is 9.78. The highest BCUT2D eigenvalue weighted by Gasteiger charge is 2.42. The van der Waals surface area contributed by atoms with Crippen molar-refractivity contribution in [1.82, 2.24) is 0 Å². The van der Waals surface area contributed by atoms with E-state index in [0.29, 0.717) is 37.5 Å². The number of hydrogen-bond acceptors (Lipinski definition) is 6. The van der Waals surface area contributed by atoms with Crippen LogP contribution in [-0.4, -0.2) is 55.6 Å². The van der Waals surface area contributed by atoms with E-state index in [4.69, 9.17) is 29.2 Å². The fourth-order valence-electron chi connectivity index (χ4n) is 7.28. The second kappa shape index (κ2) is 13.9. The molecule has 7 rings (SSSR count). The van der Waals surface area contributed by atoms with Gasteiger partial charge in [0.05, 0.1) is 34.8 Å². The first kappa shape index (κ1) is 37.6. The van der Waals surface area contributed by atoms with Crippen molar-refractivity contribution in [1.29, 1.82) is 0 Å².